The number of rotatable bonds is 9. The number of ether oxygens (including phenoxy) is 1. The predicted molar refractivity (Wildman–Crippen MR) is 150 cm³/mol. The van der Waals surface area contributed by atoms with E-state index in [9.17, 15) is 19.8 Å². The Morgan fingerprint density at radius 1 is 1.05 bits per heavy atom. The van der Waals surface area contributed by atoms with Crippen LogP contribution in [0.3, 0.4) is 0 Å². The summed E-state index contributed by atoms with van der Waals surface area (Å²) >= 11 is 1.22. The Labute approximate surface area is 234 Å². The van der Waals surface area contributed by atoms with Crippen LogP contribution in [0.2, 0.25) is 0 Å². The molecule has 7 heteroatoms. The van der Waals surface area contributed by atoms with Crippen LogP contribution < -0.4 is 0 Å². The van der Waals surface area contributed by atoms with Gasteiger partial charge in [0.15, 0.2) is 5.12 Å². The highest BCUT2D eigenvalue weighted by molar-refractivity contribution is 8.13. The van der Waals surface area contributed by atoms with Crippen LogP contribution in [0, 0.1) is 52.3 Å². The zero-order valence-electron chi connectivity index (χ0n) is 24.2. The second-order valence-corrected chi connectivity index (χ2v) is 14.9. The fourth-order valence-corrected chi connectivity index (χ4v) is 10.0. The van der Waals surface area contributed by atoms with Gasteiger partial charge in [0, 0.05) is 12.2 Å². The third-order valence-corrected chi connectivity index (χ3v) is 12.9. The lowest BCUT2D eigenvalue weighted by Gasteiger charge is -2.63. The third kappa shape index (κ3) is 5.47. The first-order valence-electron chi connectivity index (χ1n) is 15.3. The van der Waals surface area contributed by atoms with Crippen molar-refractivity contribution in [2.24, 2.45) is 52.3 Å². The molecule has 4 rings (SSSR count). The number of hydrogen-bond donors (Lipinski definition) is 3. The van der Waals surface area contributed by atoms with E-state index in [0.29, 0.717) is 29.9 Å². The molecule has 0 radical (unpaired) electrons. The minimum absolute atomic E-state index is 0.0229. The average molecular weight is 553 g/mol. The Morgan fingerprint density at radius 2 is 1.79 bits per heavy atom. The summed E-state index contributed by atoms with van der Waals surface area (Å²) in [5.74, 6) is 2.02. The topological polar surface area (TPSA) is 104 Å². The Hall–Kier alpha value is -0.630. The molecule has 0 heterocycles. The highest BCUT2D eigenvalue weighted by Crippen LogP contribution is 2.68. The highest BCUT2D eigenvalue weighted by Gasteiger charge is 2.65. The number of fused-ring (bicyclic) bond motifs is 5. The smallest absolute Gasteiger partial charge is 0.308 e. The van der Waals surface area contributed by atoms with Crippen molar-refractivity contribution in [2.45, 2.75) is 117 Å². The number of hydrogen-bond acceptors (Lipinski definition) is 7. The first kappa shape index (κ1) is 30.3. The summed E-state index contributed by atoms with van der Waals surface area (Å²) in [4.78, 5) is 24.7. The molecule has 0 aromatic heterocycles. The summed E-state index contributed by atoms with van der Waals surface area (Å²) in [6.07, 6.45) is 7.48. The lowest BCUT2D eigenvalue weighted by molar-refractivity contribution is -0.210. The van der Waals surface area contributed by atoms with Crippen LogP contribution in [0.25, 0.3) is 0 Å². The van der Waals surface area contributed by atoms with Crippen molar-refractivity contribution in [2.75, 3.05) is 12.4 Å². The van der Waals surface area contributed by atoms with Crippen LogP contribution in [0.15, 0.2) is 0 Å². The van der Waals surface area contributed by atoms with Crippen LogP contribution in [-0.4, -0.2) is 57.1 Å². The molecule has 0 saturated heterocycles. The molecule has 0 spiro atoms. The molecule has 4 saturated carbocycles. The van der Waals surface area contributed by atoms with Gasteiger partial charge in [-0.15, -0.1) is 0 Å². The minimum Gasteiger partial charge on any atom is -0.462 e. The largest absolute Gasteiger partial charge is 0.462 e. The maximum atomic E-state index is 12.5. The van der Waals surface area contributed by atoms with Crippen LogP contribution in [0.5, 0.6) is 0 Å². The van der Waals surface area contributed by atoms with Gasteiger partial charge in [0.2, 0.25) is 0 Å². The van der Waals surface area contributed by atoms with Gasteiger partial charge in [-0.25, -0.2) is 0 Å². The molecule has 0 aromatic carbocycles. The monoisotopic (exact) mass is 552 g/mol. The van der Waals surface area contributed by atoms with E-state index in [1.165, 1.54) is 11.8 Å². The second kappa shape index (κ2) is 12.1. The fourth-order valence-electron chi connectivity index (χ4n) is 9.45. The van der Waals surface area contributed by atoms with Gasteiger partial charge in [0.05, 0.1) is 24.7 Å². The Balaban J connectivity index is 1.46. The van der Waals surface area contributed by atoms with Crippen LogP contribution >= 0.6 is 11.8 Å². The summed E-state index contributed by atoms with van der Waals surface area (Å²) in [6, 6.07) is 0. The van der Waals surface area contributed by atoms with Crippen molar-refractivity contribution in [3.63, 3.8) is 0 Å². The van der Waals surface area contributed by atoms with E-state index in [-0.39, 0.29) is 64.4 Å². The fraction of sp³-hybridized carbons (Fsp3) is 0.935. The molecule has 4 fully saturated rings. The molecule has 3 N–H and O–H groups in total. The number of aliphatic hydroxyl groups is 3. The van der Waals surface area contributed by atoms with Crippen molar-refractivity contribution in [1.29, 1.82) is 0 Å². The van der Waals surface area contributed by atoms with Gasteiger partial charge in [-0.05, 0) is 104 Å². The molecule has 6 nitrogen and oxygen atoms in total. The van der Waals surface area contributed by atoms with Crippen molar-refractivity contribution in [3.05, 3.63) is 0 Å². The molecule has 4 aliphatic rings. The molecule has 0 amide bonds. The van der Waals surface area contributed by atoms with E-state index in [1.54, 1.807) is 0 Å². The third-order valence-electron chi connectivity index (χ3n) is 12.0. The van der Waals surface area contributed by atoms with Gasteiger partial charge in [0.25, 0.3) is 0 Å². The van der Waals surface area contributed by atoms with Gasteiger partial charge in [-0.3, -0.25) is 9.59 Å². The lowest BCUT2D eigenvalue weighted by Crippen LogP contribution is -2.62. The van der Waals surface area contributed by atoms with Crippen LogP contribution in [0.1, 0.15) is 98.8 Å². The van der Waals surface area contributed by atoms with Gasteiger partial charge in [0.1, 0.15) is 6.10 Å². The van der Waals surface area contributed by atoms with E-state index in [0.717, 1.165) is 57.8 Å². The van der Waals surface area contributed by atoms with E-state index in [1.807, 2.05) is 13.8 Å². The first-order chi connectivity index (χ1) is 18.0. The SMILES string of the molecule is CCC(C)C(=O)OC1CC[C@@]2(C)C(C1)CC(O)C1C2CC(O)[C@]2(C)C(C(C)CCC(=O)SCCO)CCC12. The zero-order valence-corrected chi connectivity index (χ0v) is 25.0. The van der Waals surface area contributed by atoms with Crippen molar-refractivity contribution < 1.29 is 29.6 Å². The number of carbonyl (C=O) groups is 2. The Bertz CT molecular complexity index is 850. The molecule has 12 atom stereocenters. The van der Waals surface area contributed by atoms with E-state index in [4.69, 9.17) is 9.84 Å². The van der Waals surface area contributed by atoms with Crippen LogP contribution in [0.4, 0.5) is 0 Å². The number of aliphatic hydroxyl groups excluding tert-OH is 3. The minimum atomic E-state index is -0.410. The summed E-state index contributed by atoms with van der Waals surface area (Å²) < 4.78 is 5.91. The molecule has 4 aliphatic carbocycles. The maximum Gasteiger partial charge on any atom is 0.308 e. The van der Waals surface area contributed by atoms with Gasteiger partial charge in [-0.1, -0.05) is 46.4 Å². The van der Waals surface area contributed by atoms with E-state index in [2.05, 4.69) is 20.8 Å². The van der Waals surface area contributed by atoms with Crippen molar-refractivity contribution >= 4 is 22.8 Å². The maximum absolute atomic E-state index is 12.5. The molecule has 0 aromatic rings. The molecule has 218 valence electrons. The Kier molecular flexibility index (Phi) is 9.64. The zero-order chi connectivity index (χ0) is 27.8. The molecule has 10 unspecified atom stereocenters. The normalized spacial score (nSPS) is 43.9. The lowest BCUT2D eigenvalue weighted by atomic mass is 9.43. The first-order valence-corrected chi connectivity index (χ1v) is 16.3. The van der Waals surface area contributed by atoms with Crippen molar-refractivity contribution in [1.82, 2.24) is 0 Å². The standard InChI is InChI=1S/C31H52O6S/c1-6-18(2)29(36)37-21-11-12-30(4)20(15-21)16-25(33)28-23-9-8-22(31(23,5)26(34)17-24(28)30)19(3)7-10-27(35)38-14-13-32/h18-26,28,32-34H,6-17H2,1-5H3/t18?,19?,20?,21?,22?,23?,24?,25?,26?,28?,30-,31+/m0/s1. The number of thioether (sulfide) groups is 1. The molecule has 38 heavy (non-hydrogen) atoms. The second-order valence-electron chi connectivity index (χ2n) is 13.7. The highest BCUT2D eigenvalue weighted by atomic mass is 32.2. The molecular weight excluding hydrogens is 500 g/mol. The van der Waals surface area contributed by atoms with Gasteiger partial charge >= 0.3 is 5.97 Å². The summed E-state index contributed by atoms with van der Waals surface area (Å²) in [7, 11) is 0. The summed E-state index contributed by atoms with van der Waals surface area (Å²) in [5.41, 5.74) is -0.194. The van der Waals surface area contributed by atoms with Crippen molar-refractivity contribution in [3.8, 4) is 0 Å². The quantitative estimate of drug-likeness (QED) is 0.337. The van der Waals surface area contributed by atoms with E-state index < -0.39 is 6.10 Å². The molecular formula is C31H52O6S. The Morgan fingerprint density at radius 3 is 2.47 bits per heavy atom. The number of esters is 1. The van der Waals surface area contributed by atoms with Gasteiger partial charge < -0.3 is 20.1 Å². The van der Waals surface area contributed by atoms with Crippen LogP contribution in [-0.2, 0) is 14.3 Å². The number of carbonyl (C=O) groups excluding carboxylic acids is 2. The molecule has 0 aliphatic heterocycles. The summed E-state index contributed by atoms with van der Waals surface area (Å²) in [5, 5.41) is 32.6. The summed E-state index contributed by atoms with van der Waals surface area (Å²) in [6.45, 7) is 10.8. The van der Waals surface area contributed by atoms with E-state index >= 15 is 0 Å². The predicted octanol–water partition coefficient (Wildman–Crippen LogP) is 5.21. The van der Waals surface area contributed by atoms with Gasteiger partial charge in [-0.2, -0.15) is 0 Å². The average Bonchev–Trinajstić information content (AvgIpc) is 3.25. The molecule has 0 bridgehead atoms.